The number of benzene rings is 4. The van der Waals surface area contributed by atoms with E-state index >= 15 is 0 Å². The van der Waals surface area contributed by atoms with Gasteiger partial charge in [-0.05, 0) is 16.5 Å². The Morgan fingerprint density at radius 2 is 1.37 bits per heavy atom. The van der Waals surface area contributed by atoms with Crippen molar-refractivity contribution in [3.63, 3.8) is 0 Å². The van der Waals surface area contributed by atoms with Gasteiger partial charge in [-0.3, -0.25) is 0 Å². The first-order valence-corrected chi connectivity index (χ1v) is 19.9. The Labute approximate surface area is 267 Å². The van der Waals surface area contributed by atoms with Gasteiger partial charge in [0.15, 0.2) is 0 Å². The Hall–Kier alpha value is -2.39. The van der Waals surface area contributed by atoms with Crippen LogP contribution < -0.4 is 0 Å². The summed E-state index contributed by atoms with van der Waals surface area (Å²) in [5, 5.41) is 5.35. The fourth-order valence-electron chi connectivity index (χ4n) is 4.20. The molecule has 0 heterocycles. The molecule has 6 rings (SSSR count). The van der Waals surface area contributed by atoms with Crippen LogP contribution in [0.2, 0.25) is 13.1 Å². The molecule has 2 radical (unpaired) electrons. The molecule has 4 heteroatoms. The third kappa shape index (κ3) is 12.2. The summed E-state index contributed by atoms with van der Waals surface area (Å²) in [7, 11) is 10.9. The molecule has 0 aliphatic carbocycles. The molecular formula is C37H39Cl2SiTi-3. The number of rotatable bonds is 1. The summed E-state index contributed by atoms with van der Waals surface area (Å²) in [5.41, 5.74) is 5.55. The molecule has 0 aliphatic heterocycles. The van der Waals surface area contributed by atoms with Crippen molar-refractivity contribution in [2.75, 3.05) is 0 Å². The zero-order chi connectivity index (χ0) is 30.1. The Bertz CT molecular complexity index is 1450. The maximum absolute atomic E-state index is 4.89. The van der Waals surface area contributed by atoms with Gasteiger partial charge < -0.3 is 0 Å². The van der Waals surface area contributed by atoms with Gasteiger partial charge in [0.25, 0.3) is 0 Å². The number of hydrogen-bond acceptors (Lipinski definition) is 0. The third-order valence-electron chi connectivity index (χ3n) is 6.11. The standard InChI is InChI=1S/C20H21.C9H7.C6H5.C2H6Si.2ClH.Ti/c1-14-12-16-6-5-7-18(19(16)13-14)15-8-10-17(11-9-15)20(2,3)4;1-2-5-9-7-3-6-8(9)4-1;1-2-4-6-5-3-1;1-3-2;;;/h5-13H,1-4H3;1-7H;1-5H;1-2H3;2*1H;/q3*-1;;;;+2/p-2. The normalized spacial score (nSPS) is 10.0. The molecule has 0 atom stereocenters. The molecule has 0 aliphatic rings. The first-order valence-electron chi connectivity index (χ1n) is 13.6. The van der Waals surface area contributed by atoms with Crippen molar-refractivity contribution in [2.24, 2.45) is 0 Å². The van der Waals surface area contributed by atoms with E-state index in [0.29, 0.717) is 0 Å². The first kappa shape index (κ1) is 34.8. The van der Waals surface area contributed by atoms with Crippen LogP contribution >= 0.6 is 18.6 Å². The van der Waals surface area contributed by atoms with Crippen LogP contribution in [0.15, 0.2) is 127 Å². The summed E-state index contributed by atoms with van der Waals surface area (Å²) < 4.78 is 0. The fourth-order valence-corrected chi connectivity index (χ4v) is 4.20. The van der Waals surface area contributed by atoms with Gasteiger partial charge in [-0.25, -0.2) is 0 Å². The van der Waals surface area contributed by atoms with Crippen molar-refractivity contribution in [1.29, 1.82) is 0 Å². The second-order valence-corrected chi connectivity index (χ2v) is 14.1. The summed E-state index contributed by atoms with van der Waals surface area (Å²) in [4.78, 5) is 0. The van der Waals surface area contributed by atoms with Gasteiger partial charge in [0.2, 0.25) is 0 Å². The van der Waals surface area contributed by atoms with Crippen molar-refractivity contribution in [3.8, 4) is 11.1 Å². The first-order chi connectivity index (χ1) is 19.7. The average molecular weight is 631 g/mol. The summed E-state index contributed by atoms with van der Waals surface area (Å²) in [6.45, 7) is 13.2. The average Bonchev–Trinajstić information content (AvgIpc) is 3.61. The number of hydrogen-bond donors (Lipinski definition) is 0. The van der Waals surface area contributed by atoms with Crippen LogP contribution in [-0.2, 0) is 22.4 Å². The third-order valence-corrected chi connectivity index (χ3v) is 6.11. The molecule has 0 saturated carbocycles. The summed E-state index contributed by atoms with van der Waals surface area (Å²) in [6.07, 6.45) is 0. The number of fused-ring (bicyclic) bond motifs is 2. The quantitative estimate of drug-likeness (QED) is 0.125. The largest absolute Gasteiger partial charge is 0.184 e. The van der Waals surface area contributed by atoms with Crippen molar-refractivity contribution in [3.05, 3.63) is 145 Å². The summed E-state index contributed by atoms with van der Waals surface area (Å²) in [6, 6.07) is 47.3. The molecule has 0 saturated heterocycles. The molecule has 41 heavy (non-hydrogen) atoms. The Kier molecular flexibility index (Phi) is 16.1. The van der Waals surface area contributed by atoms with Gasteiger partial charge >= 0.3 is 35.6 Å². The van der Waals surface area contributed by atoms with Crippen LogP contribution in [0.3, 0.4) is 0 Å². The molecule has 0 N–H and O–H groups in total. The van der Waals surface area contributed by atoms with Crippen LogP contribution in [0.5, 0.6) is 0 Å². The van der Waals surface area contributed by atoms with E-state index in [4.69, 9.17) is 18.6 Å². The van der Waals surface area contributed by atoms with Gasteiger partial charge in [-0.15, -0.1) is 64.2 Å². The number of halogens is 2. The van der Waals surface area contributed by atoms with E-state index in [1.54, 1.807) is 0 Å². The number of aryl methyl sites for hydroxylation is 1. The SMILES string of the molecule is C[Si]C.Cc1cc2c(-c3ccc(C(C)(C)C)cc3)cccc2[cH-]1.[Cl][Ti][Cl].[c-]1ccccc1.c1ccc2[cH-]ccc2c1. The van der Waals surface area contributed by atoms with E-state index in [0.717, 1.165) is 9.52 Å². The van der Waals surface area contributed by atoms with Crippen molar-refractivity contribution >= 4 is 49.7 Å². The van der Waals surface area contributed by atoms with Gasteiger partial charge in [-0.2, -0.15) is 60.0 Å². The monoisotopic (exact) mass is 629 g/mol. The fraction of sp³-hybridized carbons (Fsp3) is 0.189. The van der Waals surface area contributed by atoms with E-state index in [-0.39, 0.29) is 5.41 Å². The molecule has 0 bridgehead atoms. The molecule has 6 aromatic carbocycles. The molecular weight excluding hydrogens is 591 g/mol. The molecule has 212 valence electrons. The minimum atomic E-state index is -0.556. The van der Waals surface area contributed by atoms with Gasteiger partial charge in [0, 0.05) is 9.52 Å². The van der Waals surface area contributed by atoms with Gasteiger partial charge in [0.05, 0.1) is 0 Å². The van der Waals surface area contributed by atoms with E-state index in [1.807, 2.05) is 30.3 Å². The molecule has 0 aromatic heterocycles. The maximum Gasteiger partial charge on any atom is -0.0809 e. The molecule has 0 fully saturated rings. The van der Waals surface area contributed by atoms with Crippen molar-refractivity contribution in [2.45, 2.75) is 46.2 Å². The van der Waals surface area contributed by atoms with E-state index in [1.165, 1.54) is 43.8 Å². The molecule has 0 amide bonds. The Morgan fingerprint density at radius 1 is 0.756 bits per heavy atom. The maximum atomic E-state index is 4.89. The topological polar surface area (TPSA) is 0 Å². The second kappa shape index (κ2) is 18.9. The van der Waals surface area contributed by atoms with E-state index in [9.17, 15) is 0 Å². The zero-order valence-electron chi connectivity index (χ0n) is 24.9. The Morgan fingerprint density at radius 3 is 1.90 bits per heavy atom. The molecule has 0 spiro atoms. The van der Waals surface area contributed by atoms with Crippen molar-refractivity contribution in [1.82, 2.24) is 0 Å². The van der Waals surface area contributed by atoms with Gasteiger partial charge in [-0.1, -0.05) is 82.8 Å². The Balaban J connectivity index is 0.000000229. The molecule has 0 unspecified atom stereocenters. The predicted octanol–water partition coefficient (Wildman–Crippen LogP) is 12.0. The van der Waals surface area contributed by atoms with Crippen LogP contribution in [0.25, 0.3) is 32.7 Å². The minimum absolute atomic E-state index is 0.210. The summed E-state index contributed by atoms with van der Waals surface area (Å²) in [5.74, 6) is 0. The molecule has 0 nitrogen and oxygen atoms in total. The zero-order valence-corrected chi connectivity index (χ0v) is 29.0. The van der Waals surface area contributed by atoms with Crippen LogP contribution in [0.1, 0.15) is 31.9 Å². The smallest absolute Gasteiger partial charge is 0.0809 e. The van der Waals surface area contributed by atoms with Gasteiger partial charge in [0.1, 0.15) is 0 Å². The van der Waals surface area contributed by atoms with Crippen molar-refractivity contribution < 1.29 is 17.0 Å². The second-order valence-electron chi connectivity index (χ2n) is 10.5. The van der Waals surface area contributed by atoms with E-state index < -0.39 is 17.0 Å². The predicted molar refractivity (Wildman–Crippen MR) is 182 cm³/mol. The van der Waals surface area contributed by atoms with E-state index in [2.05, 4.69) is 144 Å². The van der Waals surface area contributed by atoms with Crippen LogP contribution in [0.4, 0.5) is 0 Å². The minimum Gasteiger partial charge on any atom is -0.184 e. The summed E-state index contributed by atoms with van der Waals surface area (Å²) >= 11 is -0.556. The molecule has 6 aromatic rings. The van der Waals surface area contributed by atoms with Crippen LogP contribution in [-0.4, -0.2) is 9.52 Å². The van der Waals surface area contributed by atoms with Crippen LogP contribution in [0, 0.1) is 13.0 Å².